The molecule has 0 aliphatic carbocycles. The fourth-order valence-electron chi connectivity index (χ4n) is 3.14. The van der Waals surface area contributed by atoms with Gasteiger partial charge in [-0.3, -0.25) is 4.79 Å². The number of halogens is 2. The van der Waals surface area contributed by atoms with Crippen LogP contribution in [0.5, 0.6) is 5.75 Å². The molecule has 3 rings (SSSR count). The summed E-state index contributed by atoms with van der Waals surface area (Å²) in [7, 11) is -2.92. The van der Waals surface area contributed by atoms with E-state index in [1.807, 2.05) is 6.92 Å². The van der Waals surface area contributed by atoms with E-state index < -0.39 is 27.8 Å². The number of primary amides is 1. The van der Waals surface area contributed by atoms with Crippen molar-refractivity contribution < 1.29 is 22.3 Å². The van der Waals surface area contributed by atoms with Crippen LogP contribution in [0.2, 0.25) is 5.02 Å². The average molecular weight is 413 g/mol. The van der Waals surface area contributed by atoms with E-state index in [9.17, 15) is 17.6 Å². The van der Waals surface area contributed by atoms with Crippen molar-refractivity contribution in [1.29, 1.82) is 0 Å². The number of sulfonamides is 1. The van der Waals surface area contributed by atoms with Gasteiger partial charge in [0.05, 0.1) is 9.92 Å². The number of carbonyl (C=O) groups excluding carboxylic acids is 1. The molecule has 9 heteroatoms. The van der Waals surface area contributed by atoms with E-state index >= 15 is 0 Å². The fraction of sp³-hybridized carbons (Fsp3) is 0.278. The van der Waals surface area contributed by atoms with Crippen LogP contribution in [0.4, 0.5) is 4.39 Å². The Labute approximate surface area is 161 Å². The second kappa shape index (κ2) is 7.10. The van der Waals surface area contributed by atoms with Crippen LogP contribution in [0, 0.1) is 5.82 Å². The summed E-state index contributed by atoms with van der Waals surface area (Å²) in [5.41, 5.74) is 6.23. The Hall–Kier alpha value is -2.16. The summed E-state index contributed by atoms with van der Waals surface area (Å²) in [6, 6.07) is 6.47. The number of carbonyl (C=O) groups is 1. The number of likely N-dealkylation sites (N-methyl/N-ethyl adjacent to an activating group) is 1. The number of hydrogen-bond acceptors (Lipinski definition) is 4. The number of rotatable bonds is 5. The molecule has 0 saturated carbocycles. The van der Waals surface area contributed by atoms with Gasteiger partial charge in [0.2, 0.25) is 15.9 Å². The summed E-state index contributed by atoms with van der Waals surface area (Å²) in [5, 5.41) is 0.171. The first-order chi connectivity index (χ1) is 12.6. The second-order valence-electron chi connectivity index (χ2n) is 6.41. The van der Waals surface area contributed by atoms with Crippen molar-refractivity contribution in [2.45, 2.75) is 30.4 Å². The van der Waals surface area contributed by atoms with Crippen molar-refractivity contribution in [2.75, 3.05) is 7.05 Å². The molecule has 0 radical (unpaired) electrons. The lowest BCUT2D eigenvalue weighted by molar-refractivity contribution is -0.121. The Balaban J connectivity index is 2.04. The first kappa shape index (κ1) is 19.6. The number of nitrogens with zero attached hydrogens (tertiary/aromatic N) is 1. The molecule has 0 bridgehead atoms. The summed E-state index contributed by atoms with van der Waals surface area (Å²) in [6.07, 6.45) is 0.407. The van der Waals surface area contributed by atoms with E-state index in [-0.39, 0.29) is 21.6 Å². The van der Waals surface area contributed by atoms with Gasteiger partial charge in [0.1, 0.15) is 23.7 Å². The van der Waals surface area contributed by atoms with E-state index in [0.717, 1.165) is 10.4 Å². The zero-order valence-electron chi connectivity index (χ0n) is 14.6. The van der Waals surface area contributed by atoms with Crippen molar-refractivity contribution in [3.63, 3.8) is 0 Å². The fourth-order valence-corrected chi connectivity index (χ4v) is 4.88. The molecular weight excluding hydrogens is 395 g/mol. The van der Waals surface area contributed by atoms with Gasteiger partial charge < -0.3 is 10.5 Å². The average Bonchev–Trinajstić information content (AvgIpc) is 2.95. The number of benzene rings is 2. The zero-order valence-corrected chi connectivity index (χ0v) is 16.2. The van der Waals surface area contributed by atoms with Gasteiger partial charge >= 0.3 is 0 Å². The number of ether oxygens (including phenoxy) is 1. The molecule has 1 aliphatic heterocycles. The van der Waals surface area contributed by atoms with Crippen molar-refractivity contribution in [2.24, 2.45) is 5.73 Å². The summed E-state index contributed by atoms with van der Waals surface area (Å²) in [5.74, 6) is -1.06. The van der Waals surface area contributed by atoms with Crippen LogP contribution < -0.4 is 10.5 Å². The maximum absolute atomic E-state index is 13.6. The Morgan fingerprint density at radius 1 is 1.37 bits per heavy atom. The van der Waals surface area contributed by atoms with Crippen LogP contribution in [0.25, 0.3) is 0 Å². The maximum atomic E-state index is 13.6. The van der Waals surface area contributed by atoms with Crippen molar-refractivity contribution in [3.8, 4) is 5.75 Å². The van der Waals surface area contributed by atoms with Crippen LogP contribution in [0.1, 0.15) is 24.1 Å². The lowest BCUT2D eigenvalue weighted by atomic mass is 10.1. The van der Waals surface area contributed by atoms with Crippen LogP contribution in [0.15, 0.2) is 41.3 Å². The first-order valence-corrected chi connectivity index (χ1v) is 9.95. The van der Waals surface area contributed by atoms with Gasteiger partial charge in [-0.05, 0) is 36.8 Å². The Morgan fingerprint density at radius 2 is 2.07 bits per heavy atom. The highest BCUT2D eigenvalue weighted by atomic mass is 35.5. The maximum Gasteiger partial charge on any atom is 0.243 e. The highest BCUT2D eigenvalue weighted by Crippen LogP contribution is 2.39. The third kappa shape index (κ3) is 3.65. The summed E-state index contributed by atoms with van der Waals surface area (Å²) >= 11 is 6.18. The normalized spacial score (nSPS) is 17.4. The highest BCUT2D eigenvalue weighted by Gasteiger charge is 2.35. The molecule has 0 aromatic heterocycles. The van der Waals surface area contributed by atoms with Crippen LogP contribution in [0.3, 0.4) is 0 Å². The number of amides is 1. The highest BCUT2D eigenvalue weighted by molar-refractivity contribution is 7.89. The third-order valence-electron chi connectivity index (χ3n) is 4.39. The molecule has 2 atom stereocenters. The molecular formula is C18H18ClFN2O4S. The van der Waals surface area contributed by atoms with Gasteiger partial charge in [-0.2, -0.15) is 4.31 Å². The van der Waals surface area contributed by atoms with E-state index in [1.165, 1.54) is 37.4 Å². The van der Waals surface area contributed by atoms with Crippen LogP contribution in [-0.4, -0.2) is 31.8 Å². The minimum atomic E-state index is -4.14. The summed E-state index contributed by atoms with van der Waals surface area (Å²) in [4.78, 5) is 11.9. The molecule has 1 amide bonds. The molecule has 0 saturated heterocycles. The summed E-state index contributed by atoms with van der Waals surface area (Å²) in [6.45, 7) is 1.85. The van der Waals surface area contributed by atoms with E-state index in [0.29, 0.717) is 17.7 Å². The standard InChI is InChI=1S/C18H18ClFN2O4S/c1-10-6-12-8-14(9-15(19)17(12)26-10)27(24,25)22(2)16(18(21)23)11-4-3-5-13(20)7-11/h3-5,7-10,16H,6H2,1-2H3,(H2,21,23)/t10-,16-/m0/s1. The zero-order chi connectivity index (χ0) is 19.9. The van der Waals surface area contributed by atoms with Crippen LogP contribution >= 0.6 is 11.6 Å². The van der Waals surface area contributed by atoms with E-state index in [2.05, 4.69) is 0 Å². The summed E-state index contributed by atoms with van der Waals surface area (Å²) < 4.78 is 46.2. The monoisotopic (exact) mass is 412 g/mol. The predicted octanol–water partition coefficient (Wildman–Crippen LogP) is 2.65. The smallest absolute Gasteiger partial charge is 0.243 e. The van der Waals surface area contributed by atoms with Gasteiger partial charge in [-0.1, -0.05) is 23.7 Å². The molecule has 6 nitrogen and oxygen atoms in total. The molecule has 2 N–H and O–H groups in total. The first-order valence-electron chi connectivity index (χ1n) is 8.13. The molecule has 1 heterocycles. The van der Waals surface area contributed by atoms with Crippen molar-refractivity contribution in [1.82, 2.24) is 4.31 Å². The Kier molecular flexibility index (Phi) is 5.16. The topological polar surface area (TPSA) is 89.7 Å². The number of hydrogen-bond donors (Lipinski definition) is 1. The molecule has 0 unspecified atom stereocenters. The minimum Gasteiger partial charge on any atom is -0.489 e. The predicted molar refractivity (Wildman–Crippen MR) is 98.5 cm³/mol. The molecule has 2 aromatic rings. The number of fused-ring (bicyclic) bond motifs is 1. The van der Waals surface area contributed by atoms with Crippen molar-refractivity contribution in [3.05, 3.63) is 58.4 Å². The molecule has 0 spiro atoms. The largest absolute Gasteiger partial charge is 0.489 e. The molecule has 27 heavy (non-hydrogen) atoms. The number of nitrogens with two attached hydrogens (primary N) is 1. The molecule has 2 aromatic carbocycles. The second-order valence-corrected chi connectivity index (χ2v) is 8.81. The van der Waals surface area contributed by atoms with Crippen LogP contribution in [-0.2, 0) is 21.2 Å². The van der Waals surface area contributed by atoms with E-state index in [1.54, 1.807) is 0 Å². The van der Waals surface area contributed by atoms with Gasteiger partial charge in [-0.25, -0.2) is 12.8 Å². The molecule has 0 fully saturated rings. The van der Waals surface area contributed by atoms with E-state index in [4.69, 9.17) is 22.1 Å². The lowest BCUT2D eigenvalue weighted by Gasteiger charge is -2.25. The Bertz CT molecular complexity index is 1010. The molecule has 1 aliphatic rings. The third-order valence-corrected chi connectivity index (χ3v) is 6.48. The quantitative estimate of drug-likeness (QED) is 0.817. The van der Waals surface area contributed by atoms with Crippen molar-refractivity contribution >= 4 is 27.5 Å². The van der Waals surface area contributed by atoms with Gasteiger partial charge in [0, 0.05) is 19.0 Å². The van der Waals surface area contributed by atoms with Gasteiger partial charge in [-0.15, -0.1) is 0 Å². The minimum absolute atomic E-state index is 0.0888. The Morgan fingerprint density at radius 3 is 2.70 bits per heavy atom. The molecule has 144 valence electrons. The van der Waals surface area contributed by atoms with Gasteiger partial charge in [0.25, 0.3) is 0 Å². The van der Waals surface area contributed by atoms with Gasteiger partial charge in [0.15, 0.2) is 0 Å². The SMILES string of the molecule is C[C@H]1Cc2cc(S(=O)(=O)N(C)[C@H](C(N)=O)c3cccc(F)c3)cc(Cl)c2O1. The lowest BCUT2D eigenvalue weighted by Crippen LogP contribution is -2.39.